The van der Waals surface area contributed by atoms with Gasteiger partial charge in [-0.25, -0.2) is 0 Å². The summed E-state index contributed by atoms with van der Waals surface area (Å²) in [5.74, 6) is 0. The summed E-state index contributed by atoms with van der Waals surface area (Å²) >= 11 is 0. The third kappa shape index (κ3) is 8.20. The number of aliphatic hydroxyl groups is 1. The highest BCUT2D eigenvalue weighted by Crippen LogP contribution is 2.04. The fourth-order valence-corrected chi connectivity index (χ4v) is 1.52. The number of azo groups is 1. The Morgan fingerprint density at radius 2 is 2.11 bits per heavy atom. The maximum Gasteiger partial charge on any atom is 0.238 e. The summed E-state index contributed by atoms with van der Waals surface area (Å²) < 4.78 is 4.87. The van der Waals surface area contributed by atoms with Gasteiger partial charge in [0.05, 0.1) is 6.20 Å². The summed E-state index contributed by atoms with van der Waals surface area (Å²) in [6, 6.07) is -0.653. The molecule has 0 rings (SSSR count). The number of rotatable bonds is 10. The van der Waals surface area contributed by atoms with E-state index >= 15 is 0 Å². The van der Waals surface area contributed by atoms with Crippen molar-refractivity contribution in [2.75, 3.05) is 13.7 Å². The Bertz CT molecular complexity index is 253. The van der Waals surface area contributed by atoms with Crippen LogP contribution in [0, 0.1) is 5.21 Å². The molecule has 1 N–H and O–H groups in total. The molecule has 2 atom stereocenters. The second-order valence-corrected chi connectivity index (χ2v) is 4.42. The normalized spacial score (nSPS) is 16.1. The molecule has 5 nitrogen and oxygen atoms in total. The van der Waals surface area contributed by atoms with Gasteiger partial charge in [0.25, 0.3) is 0 Å². The lowest BCUT2D eigenvalue weighted by molar-refractivity contribution is -0.577. The van der Waals surface area contributed by atoms with E-state index in [9.17, 15) is 10.3 Å². The monoisotopic (exact) mass is 258 g/mol. The van der Waals surface area contributed by atoms with Crippen LogP contribution in [-0.2, 0) is 4.74 Å². The van der Waals surface area contributed by atoms with Crippen LogP contribution in [0.3, 0.4) is 0 Å². The predicted molar refractivity (Wildman–Crippen MR) is 71.3 cm³/mol. The first-order chi connectivity index (χ1) is 8.63. The van der Waals surface area contributed by atoms with E-state index in [1.165, 1.54) is 32.6 Å². The van der Waals surface area contributed by atoms with Gasteiger partial charge in [0.15, 0.2) is 0 Å². The molecule has 0 spiro atoms. The van der Waals surface area contributed by atoms with Gasteiger partial charge >= 0.3 is 0 Å². The van der Waals surface area contributed by atoms with Gasteiger partial charge in [-0.2, -0.15) is 0 Å². The summed E-state index contributed by atoms with van der Waals surface area (Å²) in [6.45, 7) is 3.89. The molecule has 106 valence electrons. The Kier molecular flexibility index (Phi) is 10.6. The number of hydrogen-bond donors (Lipinski definition) is 1. The molecule has 0 aliphatic heterocycles. The molecule has 0 aliphatic carbocycles. The van der Waals surface area contributed by atoms with E-state index in [2.05, 4.69) is 12.0 Å². The van der Waals surface area contributed by atoms with E-state index in [1.54, 1.807) is 6.92 Å². The van der Waals surface area contributed by atoms with Crippen LogP contribution in [0.2, 0.25) is 0 Å². The number of nitrogens with zero attached hydrogens (tertiary/aromatic N) is 2. The molecule has 0 aromatic carbocycles. The SMILES string of the molecule is CCCCCC/C=C\N=[N+]([O-])[C@@H](COC)[C@H](C)O. The van der Waals surface area contributed by atoms with Crippen molar-refractivity contribution in [3.05, 3.63) is 17.5 Å². The second kappa shape index (κ2) is 11.2. The number of ether oxygens (including phenoxy) is 1. The van der Waals surface area contributed by atoms with Crippen LogP contribution >= 0.6 is 0 Å². The van der Waals surface area contributed by atoms with Gasteiger partial charge in [-0.3, -0.25) is 0 Å². The minimum atomic E-state index is -0.774. The number of allylic oxidation sites excluding steroid dienone is 1. The Labute approximate surface area is 110 Å². The maximum atomic E-state index is 11.6. The summed E-state index contributed by atoms with van der Waals surface area (Å²) in [7, 11) is 1.49. The lowest BCUT2D eigenvalue weighted by atomic mass is 10.1. The zero-order valence-electron chi connectivity index (χ0n) is 11.7. The lowest BCUT2D eigenvalue weighted by Gasteiger charge is -2.15. The van der Waals surface area contributed by atoms with Gasteiger partial charge in [0, 0.05) is 7.11 Å². The largest absolute Gasteiger partial charge is 0.599 e. The zero-order chi connectivity index (χ0) is 13.8. The molecule has 0 saturated carbocycles. The van der Waals surface area contributed by atoms with E-state index < -0.39 is 12.1 Å². The highest BCUT2D eigenvalue weighted by atomic mass is 16.5. The molecule has 18 heavy (non-hydrogen) atoms. The van der Waals surface area contributed by atoms with E-state index in [1.807, 2.05) is 6.08 Å². The van der Waals surface area contributed by atoms with Gasteiger partial charge in [-0.1, -0.05) is 37.1 Å². The molecule has 0 unspecified atom stereocenters. The minimum Gasteiger partial charge on any atom is -0.599 e. The molecule has 0 heterocycles. The first kappa shape index (κ1) is 17.1. The summed E-state index contributed by atoms with van der Waals surface area (Å²) in [5, 5.41) is 24.7. The first-order valence-electron chi connectivity index (χ1n) is 6.62. The van der Waals surface area contributed by atoms with Gasteiger partial charge in [0.1, 0.15) is 12.7 Å². The van der Waals surface area contributed by atoms with Crippen LogP contribution in [-0.4, -0.2) is 35.8 Å². The molecule has 0 aromatic rings. The molecule has 0 aliphatic rings. The molecule has 0 radical (unpaired) electrons. The van der Waals surface area contributed by atoms with Crippen LogP contribution in [0.1, 0.15) is 46.0 Å². The Hall–Kier alpha value is -0.940. The van der Waals surface area contributed by atoms with Crippen molar-refractivity contribution in [1.82, 2.24) is 0 Å². The van der Waals surface area contributed by atoms with Crippen LogP contribution in [0.5, 0.6) is 0 Å². The molecule has 0 amide bonds. The number of hydrogen-bond acceptors (Lipinski definition) is 4. The van der Waals surface area contributed by atoms with E-state index in [-0.39, 0.29) is 6.61 Å². The standard InChI is InChI=1S/C13H26N2O3/c1-4-5-6-7-8-9-10-14-15(17)13(11-18-3)12(2)16/h9-10,12-13,16H,4-8,11H2,1-3H3/b10-9-,15-14?/t12-,13-/m0/s1. The average Bonchev–Trinajstić information content (AvgIpc) is 2.34. The van der Waals surface area contributed by atoms with Gasteiger partial charge in [-0.15, -0.1) is 0 Å². The lowest BCUT2D eigenvalue weighted by Crippen LogP contribution is -2.35. The Balaban J connectivity index is 4.02. The molecule has 0 saturated heterocycles. The van der Waals surface area contributed by atoms with Gasteiger partial charge in [0.2, 0.25) is 6.04 Å². The van der Waals surface area contributed by atoms with Crippen LogP contribution in [0.25, 0.3) is 0 Å². The number of methoxy groups -OCH3 is 1. The number of unbranched alkanes of at least 4 members (excludes halogenated alkanes) is 4. The summed E-state index contributed by atoms with van der Waals surface area (Å²) in [4.78, 5) is 0.511. The predicted octanol–water partition coefficient (Wildman–Crippen LogP) is 2.83. The van der Waals surface area contributed by atoms with Crippen molar-refractivity contribution in [1.29, 1.82) is 0 Å². The second-order valence-electron chi connectivity index (χ2n) is 4.42. The Morgan fingerprint density at radius 3 is 2.67 bits per heavy atom. The van der Waals surface area contributed by atoms with Crippen LogP contribution < -0.4 is 0 Å². The van der Waals surface area contributed by atoms with Crippen LogP contribution in [0.15, 0.2) is 17.4 Å². The van der Waals surface area contributed by atoms with Crippen molar-refractivity contribution in [3.63, 3.8) is 0 Å². The average molecular weight is 258 g/mol. The van der Waals surface area contributed by atoms with Crippen molar-refractivity contribution in [3.8, 4) is 0 Å². The van der Waals surface area contributed by atoms with Crippen molar-refractivity contribution >= 4 is 0 Å². The quantitative estimate of drug-likeness (QED) is 0.283. The van der Waals surface area contributed by atoms with E-state index in [0.717, 1.165) is 12.8 Å². The van der Waals surface area contributed by atoms with Crippen molar-refractivity contribution in [2.45, 2.75) is 58.1 Å². The molecular formula is C13H26N2O3. The van der Waals surface area contributed by atoms with E-state index in [0.29, 0.717) is 4.86 Å². The van der Waals surface area contributed by atoms with Crippen LogP contribution in [0.4, 0.5) is 0 Å². The first-order valence-corrected chi connectivity index (χ1v) is 6.62. The molecule has 0 aromatic heterocycles. The molecule has 0 fully saturated rings. The Morgan fingerprint density at radius 1 is 1.39 bits per heavy atom. The fourth-order valence-electron chi connectivity index (χ4n) is 1.52. The van der Waals surface area contributed by atoms with Crippen molar-refractivity contribution in [2.24, 2.45) is 5.11 Å². The molecule has 0 bridgehead atoms. The maximum absolute atomic E-state index is 11.6. The smallest absolute Gasteiger partial charge is 0.238 e. The molecule has 5 heteroatoms. The number of aliphatic hydroxyl groups excluding tert-OH is 1. The highest BCUT2D eigenvalue weighted by Gasteiger charge is 2.23. The third-order valence-corrected chi connectivity index (χ3v) is 2.69. The molecular weight excluding hydrogens is 232 g/mol. The third-order valence-electron chi connectivity index (χ3n) is 2.69. The van der Waals surface area contributed by atoms with E-state index in [4.69, 9.17) is 4.74 Å². The summed E-state index contributed by atoms with van der Waals surface area (Å²) in [5.41, 5.74) is 0. The van der Waals surface area contributed by atoms with Gasteiger partial charge in [-0.05, 0) is 24.9 Å². The number of hydroxylamine groups is 1. The topological polar surface area (TPSA) is 67.9 Å². The zero-order valence-corrected chi connectivity index (χ0v) is 11.7. The fraction of sp³-hybridized carbons (Fsp3) is 0.846. The highest BCUT2D eigenvalue weighted by molar-refractivity contribution is 4.77. The van der Waals surface area contributed by atoms with Crippen molar-refractivity contribution < 1.29 is 14.7 Å². The summed E-state index contributed by atoms with van der Waals surface area (Å²) in [6.07, 6.45) is 8.34. The minimum absolute atomic E-state index is 0.162. The van der Waals surface area contributed by atoms with Gasteiger partial charge < -0.3 is 15.1 Å².